The van der Waals surface area contributed by atoms with E-state index in [2.05, 4.69) is 5.32 Å². The molecule has 2 aliphatic carbocycles. The summed E-state index contributed by atoms with van der Waals surface area (Å²) in [6.07, 6.45) is 5.64. The minimum Gasteiger partial charge on any atom is -0.312 e. The Labute approximate surface area is 113 Å². The third kappa shape index (κ3) is 2.55. The molecule has 18 heavy (non-hydrogen) atoms. The predicted octanol–water partition coefficient (Wildman–Crippen LogP) is 4.00. The van der Waals surface area contributed by atoms with Gasteiger partial charge in [0.15, 0.2) is 0 Å². The lowest BCUT2D eigenvalue weighted by molar-refractivity contribution is 0.318. The van der Waals surface area contributed by atoms with Crippen molar-refractivity contribution in [2.45, 2.75) is 32.2 Å². The first-order valence-corrected chi connectivity index (χ1v) is 7.25. The van der Waals surface area contributed by atoms with Gasteiger partial charge in [0, 0.05) is 17.1 Å². The average Bonchev–Trinajstić information content (AvgIpc) is 2.96. The van der Waals surface area contributed by atoms with Crippen LogP contribution in [0.5, 0.6) is 0 Å². The lowest BCUT2D eigenvalue weighted by Crippen LogP contribution is -2.26. The van der Waals surface area contributed by atoms with Gasteiger partial charge in [-0.1, -0.05) is 18.0 Å². The van der Waals surface area contributed by atoms with Crippen molar-refractivity contribution in [3.8, 4) is 0 Å². The molecule has 2 aliphatic rings. The Morgan fingerprint density at radius 3 is 2.89 bits per heavy atom. The van der Waals surface area contributed by atoms with Gasteiger partial charge in [0.1, 0.15) is 5.82 Å². The topological polar surface area (TPSA) is 12.0 Å². The Bertz CT molecular complexity index is 435. The van der Waals surface area contributed by atoms with Crippen LogP contribution in [0.1, 0.15) is 31.2 Å². The third-order valence-electron chi connectivity index (χ3n) is 4.61. The van der Waals surface area contributed by atoms with Gasteiger partial charge in [-0.05, 0) is 61.8 Å². The molecule has 98 valence electrons. The Kier molecular flexibility index (Phi) is 3.58. The second-order valence-corrected chi connectivity index (χ2v) is 6.24. The van der Waals surface area contributed by atoms with E-state index in [1.54, 1.807) is 12.1 Å². The van der Waals surface area contributed by atoms with Crippen LogP contribution in [-0.4, -0.2) is 6.54 Å². The maximum atomic E-state index is 13.5. The normalized spacial score (nSPS) is 30.0. The molecule has 0 amide bonds. The maximum absolute atomic E-state index is 13.5. The highest BCUT2D eigenvalue weighted by atomic mass is 35.5. The number of rotatable bonds is 4. The molecule has 1 aromatic carbocycles. The molecule has 0 spiro atoms. The predicted molar refractivity (Wildman–Crippen MR) is 72.1 cm³/mol. The van der Waals surface area contributed by atoms with Crippen LogP contribution in [0.15, 0.2) is 18.2 Å². The molecular weight excluding hydrogens is 249 g/mol. The molecule has 1 N–H and O–H groups in total. The van der Waals surface area contributed by atoms with Crippen molar-refractivity contribution in [1.29, 1.82) is 0 Å². The maximum Gasteiger partial charge on any atom is 0.127 e. The summed E-state index contributed by atoms with van der Waals surface area (Å²) in [6.45, 7) is 1.60. The minimum atomic E-state index is -0.167. The van der Waals surface area contributed by atoms with Crippen molar-refractivity contribution in [3.05, 3.63) is 34.6 Å². The fourth-order valence-corrected chi connectivity index (χ4v) is 3.89. The molecule has 2 saturated carbocycles. The van der Waals surface area contributed by atoms with E-state index in [1.807, 2.05) is 0 Å². The molecule has 0 aromatic heterocycles. The van der Waals surface area contributed by atoms with Gasteiger partial charge >= 0.3 is 0 Å². The molecule has 2 fully saturated rings. The summed E-state index contributed by atoms with van der Waals surface area (Å²) in [4.78, 5) is 0. The molecule has 0 radical (unpaired) electrons. The Hall–Kier alpha value is -0.600. The van der Waals surface area contributed by atoms with Gasteiger partial charge in [-0.25, -0.2) is 4.39 Å². The standard InChI is InChI=1S/C15H19ClFN/c16-14-3-4-15(17)13(7-14)9-18-8-12-6-10-1-2-11(12)5-10/h3-4,7,10-12,18H,1-2,5-6,8-9H2. The van der Waals surface area contributed by atoms with E-state index >= 15 is 0 Å². The molecule has 0 heterocycles. The monoisotopic (exact) mass is 267 g/mol. The minimum absolute atomic E-state index is 0.167. The van der Waals surface area contributed by atoms with E-state index in [9.17, 15) is 4.39 Å². The second kappa shape index (κ2) is 5.18. The van der Waals surface area contributed by atoms with Crippen LogP contribution in [-0.2, 0) is 6.54 Å². The first kappa shape index (κ1) is 12.4. The molecule has 0 aliphatic heterocycles. The van der Waals surface area contributed by atoms with Crippen LogP contribution in [0.3, 0.4) is 0 Å². The number of halogens is 2. The number of hydrogen-bond acceptors (Lipinski definition) is 1. The largest absolute Gasteiger partial charge is 0.312 e. The Morgan fingerprint density at radius 1 is 1.28 bits per heavy atom. The van der Waals surface area contributed by atoms with Crippen LogP contribution >= 0.6 is 11.6 Å². The van der Waals surface area contributed by atoms with Crippen molar-refractivity contribution in [2.75, 3.05) is 6.54 Å². The van der Waals surface area contributed by atoms with E-state index in [-0.39, 0.29) is 5.82 Å². The third-order valence-corrected chi connectivity index (χ3v) is 4.85. The molecule has 3 atom stereocenters. The highest BCUT2D eigenvalue weighted by molar-refractivity contribution is 6.30. The number of fused-ring (bicyclic) bond motifs is 2. The smallest absolute Gasteiger partial charge is 0.127 e. The molecule has 2 bridgehead atoms. The molecular formula is C15H19ClFN. The summed E-state index contributed by atoms with van der Waals surface area (Å²) in [7, 11) is 0. The summed E-state index contributed by atoms with van der Waals surface area (Å²) in [5.41, 5.74) is 0.672. The van der Waals surface area contributed by atoms with Crippen molar-refractivity contribution in [1.82, 2.24) is 5.32 Å². The lowest BCUT2D eigenvalue weighted by Gasteiger charge is -2.22. The van der Waals surface area contributed by atoms with E-state index < -0.39 is 0 Å². The molecule has 1 aromatic rings. The van der Waals surface area contributed by atoms with Crippen molar-refractivity contribution >= 4 is 11.6 Å². The summed E-state index contributed by atoms with van der Waals surface area (Å²) in [6, 6.07) is 4.75. The summed E-state index contributed by atoms with van der Waals surface area (Å²) < 4.78 is 13.5. The zero-order valence-corrected chi connectivity index (χ0v) is 11.2. The van der Waals surface area contributed by atoms with Crippen molar-refractivity contribution < 1.29 is 4.39 Å². The molecule has 3 heteroatoms. The zero-order chi connectivity index (χ0) is 12.5. The van der Waals surface area contributed by atoms with Crippen LogP contribution < -0.4 is 5.32 Å². The first-order chi connectivity index (χ1) is 8.72. The van der Waals surface area contributed by atoms with Crippen LogP contribution in [0.25, 0.3) is 0 Å². The van der Waals surface area contributed by atoms with Gasteiger partial charge in [-0.15, -0.1) is 0 Å². The number of hydrogen-bond donors (Lipinski definition) is 1. The van der Waals surface area contributed by atoms with E-state index in [4.69, 9.17) is 11.6 Å². The lowest BCUT2D eigenvalue weighted by atomic mass is 9.89. The number of benzene rings is 1. The summed E-state index contributed by atoms with van der Waals surface area (Å²) >= 11 is 5.88. The first-order valence-electron chi connectivity index (χ1n) is 6.87. The molecule has 3 rings (SSSR count). The zero-order valence-electron chi connectivity index (χ0n) is 10.5. The highest BCUT2D eigenvalue weighted by Gasteiger charge is 2.38. The van der Waals surface area contributed by atoms with Crippen molar-refractivity contribution in [2.24, 2.45) is 17.8 Å². The highest BCUT2D eigenvalue weighted by Crippen LogP contribution is 2.47. The second-order valence-electron chi connectivity index (χ2n) is 5.80. The molecule has 3 unspecified atom stereocenters. The van der Waals surface area contributed by atoms with Gasteiger partial charge in [0.25, 0.3) is 0 Å². The molecule has 1 nitrogen and oxygen atoms in total. The summed E-state index contributed by atoms with van der Waals surface area (Å²) in [5.74, 6) is 2.54. The van der Waals surface area contributed by atoms with Crippen LogP contribution in [0, 0.1) is 23.6 Å². The SMILES string of the molecule is Fc1ccc(Cl)cc1CNCC1CC2CCC1C2. The van der Waals surface area contributed by atoms with Gasteiger partial charge in [-0.3, -0.25) is 0 Å². The quantitative estimate of drug-likeness (QED) is 0.869. The van der Waals surface area contributed by atoms with Gasteiger partial charge in [0.2, 0.25) is 0 Å². The summed E-state index contributed by atoms with van der Waals surface area (Å²) in [5, 5.41) is 4.00. The van der Waals surface area contributed by atoms with Gasteiger partial charge < -0.3 is 5.32 Å². The van der Waals surface area contributed by atoms with E-state index in [0.29, 0.717) is 17.1 Å². The fraction of sp³-hybridized carbons (Fsp3) is 0.600. The average molecular weight is 268 g/mol. The molecule has 0 saturated heterocycles. The van der Waals surface area contributed by atoms with E-state index in [0.717, 1.165) is 24.3 Å². The van der Waals surface area contributed by atoms with Crippen molar-refractivity contribution in [3.63, 3.8) is 0 Å². The Balaban J connectivity index is 1.51. The Morgan fingerprint density at radius 2 is 2.17 bits per heavy atom. The van der Waals surface area contributed by atoms with Gasteiger partial charge in [-0.2, -0.15) is 0 Å². The fourth-order valence-electron chi connectivity index (χ4n) is 3.70. The van der Waals surface area contributed by atoms with Crippen LogP contribution in [0.4, 0.5) is 4.39 Å². The van der Waals surface area contributed by atoms with E-state index in [1.165, 1.54) is 31.7 Å². The van der Waals surface area contributed by atoms with Gasteiger partial charge in [0.05, 0.1) is 0 Å². The number of nitrogens with one attached hydrogen (secondary N) is 1. The van der Waals surface area contributed by atoms with Crippen LogP contribution in [0.2, 0.25) is 5.02 Å².